The molecule has 146 valence electrons. The Balaban J connectivity index is 1.79. The molecule has 3 aromatic rings. The molecule has 6 heteroatoms. The van der Waals surface area contributed by atoms with Gasteiger partial charge in [-0.05, 0) is 73.4 Å². The normalized spacial score (nSPS) is 10.9. The van der Waals surface area contributed by atoms with E-state index < -0.39 is 5.97 Å². The van der Waals surface area contributed by atoms with E-state index in [9.17, 15) is 4.79 Å². The Morgan fingerprint density at radius 3 is 2.43 bits per heavy atom. The van der Waals surface area contributed by atoms with E-state index >= 15 is 0 Å². The van der Waals surface area contributed by atoms with E-state index in [1.54, 1.807) is 0 Å². The summed E-state index contributed by atoms with van der Waals surface area (Å²) in [4.78, 5) is 10.8. The first-order valence-corrected chi connectivity index (χ1v) is 9.67. The zero-order chi connectivity index (χ0) is 20.3. The van der Waals surface area contributed by atoms with E-state index in [-0.39, 0.29) is 6.42 Å². The summed E-state index contributed by atoms with van der Waals surface area (Å²) >= 11 is 12.4. The Kier molecular flexibility index (Phi) is 6.32. The van der Waals surface area contributed by atoms with Gasteiger partial charge in [0.05, 0.1) is 10.7 Å². The van der Waals surface area contributed by atoms with Gasteiger partial charge in [0.25, 0.3) is 0 Å². The van der Waals surface area contributed by atoms with Crippen molar-refractivity contribution >= 4 is 29.2 Å². The van der Waals surface area contributed by atoms with Crippen LogP contribution in [0.2, 0.25) is 10.0 Å². The van der Waals surface area contributed by atoms with Crippen LogP contribution in [0.15, 0.2) is 48.7 Å². The third-order valence-corrected chi connectivity index (χ3v) is 5.46. The molecule has 2 aromatic carbocycles. The number of ether oxygens (including phenoxy) is 1. The molecule has 3 rings (SSSR count). The first-order chi connectivity index (χ1) is 13.4. The summed E-state index contributed by atoms with van der Waals surface area (Å²) in [7, 11) is 0. The second-order valence-corrected chi connectivity index (χ2v) is 7.46. The number of aliphatic carboxylic acids is 1. The molecule has 0 fully saturated rings. The number of halogens is 2. The monoisotopic (exact) mass is 417 g/mol. The maximum absolute atomic E-state index is 10.8. The molecule has 0 spiro atoms. The molecule has 1 aromatic heterocycles. The van der Waals surface area contributed by atoms with Crippen LogP contribution in [0.4, 0.5) is 0 Å². The van der Waals surface area contributed by atoms with Gasteiger partial charge in [0.2, 0.25) is 0 Å². The van der Waals surface area contributed by atoms with Crippen molar-refractivity contribution in [3.05, 3.63) is 81.1 Å². The number of hydrogen-bond acceptors (Lipinski definition) is 2. The molecule has 1 N–H and O–H groups in total. The first kappa shape index (κ1) is 20.3. The summed E-state index contributed by atoms with van der Waals surface area (Å²) < 4.78 is 8.04. The summed E-state index contributed by atoms with van der Waals surface area (Å²) in [6, 6.07) is 13.2. The number of benzene rings is 2. The van der Waals surface area contributed by atoms with Gasteiger partial charge in [0.15, 0.2) is 0 Å². The van der Waals surface area contributed by atoms with Gasteiger partial charge >= 0.3 is 5.97 Å². The summed E-state index contributed by atoms with van der Waals surface area (Å²) in [5.74, 6) is -0.0357. The number of aromatic nitrogens is 1. The highest BCUT2D eigenvalue weighted by atomic mass is 35.5. The highest BCUT2D eigenvalue weighted by Gasteiger charge is 2.13. The van der Waals surface area contributed by atoms with Crippen molar-refractivity contribution in [1.29, 1.82) is 0 Å². The minimum atomic E-state index is -0.796. The van der Waals surface area contributed by atoms with Crippen LogP contribution in [0.5, 0.6) is 5.75 Å². The number of carboxylic acids is 1. The smallest absolute Gasteiger partial charge is 0.303 e. The van der Waals surface area contributed by atoms with E-state index in [2.05, 4.69) is 0 Å². The van der Waals surface area contributed by atoms with Gasteiger partial charge in [-0.2, -0.15) is 0 Å². The van der Waals surface area contributed by atoms with Crippen LogP contribution in [0.1, 0.15) is 28.8 Å². The van der Waals surface area contributed by atoms with Crippen molar-refractivity contribution in [2.75, 3.05) is 0 Å². The Hall–Kier alpha value is -2.43. The van der Waals surface area contributed by atoms with Gasteiger partial charge in [-0.3, -0.25) is 4.79 Å². The molecular formula is C22H21Cl2NO3. The summed E-state index contributed by atoms with van der Waals surface area (Å²) in [5, 5.41) is 10.2. The molecule has 0 aliphatic carbocycles. The van der Waals surface area contributed by atoms with Crippen LogP contribution in [0.3, 0.4) is 0 Å². The summed E-state index contributed by atoms with van der Waals surface area (Å²) in [6.07, 6.45) is 2.52. The Morgan fingerprint density at radius 2 is 1.75 bits per heavy atom. The molecule has 0 aliphatic rings. The van der Waals surface area contributed by atoms with Gasteiger partial charge in [-0.1, -0.05) is 29.3 Å². The molecule has 0 radical (unpaired) electrons. The molecule has 4 nitrogen and oxygen atoms in total. The molecule has 1 heterocycles. The molecule has 28 heavy (non-hydrogen) atoms. The zero-order valence-electron chi connectivity index (χ0n) is 15.7. The van der Waals surface area contributed by atoms with Crippen molar-refractivity contribution < 1.29 is 14.6 Å². The van der Waals surface area contributed by atoms with Crippen molar-refractivity contribution in [3.63, 3.8) is 0 Å². The predicted molar refractivity (Wildman–Crippen MR) is 112 cm³/mol. The standard InChI is InChI=1S/C22H21Cl2NO3/c1-14-15(2)21(9-3-16(14)4-10-22(26)27)28-13-20-19(24)11-12-25(20)18-7-5-17(23)6-8-18/h3,5-9,11-12H,4,10,13H2,1-2H3,(H,26,27). The molecule has 0 bridgehead atoms. The van der Waals surface area contributed by atoms with Crippen LogP contribution in [0.25, 0.3) is 5.69 Å². The molecule has 0 saturated heterocycles. The molecular weight excluding hydrogens is 397 g/mol. The lowest BCUT2D eigenvalue weighted by atomic mass is 9.99. The molecule has 0 saturated carbocycles. The number of carboxylic acid groups (broad SMARTS) is 1. The van der Waals surface area contributed by atoms with Crippen molar-refractivity contribution in [1.82, 2.24) is 4.57 Å². The Labute approximate surface area is 174 Å². The van der Waals surface area contributed by atoms with E-state index in [4.69, 9.17) is 33.0 Å². The molecule has 0 amide bonds. The van der Waals surface area contributed by atoms with E-state index in [1.807, 2.05) is 67.1 Å². The minimum Gasteiger partial charge on any atom is -0.487 e. The van der Waals surface area contributed by atoms with E-state index in [0.717, 1.165) is 33.8 Å². The third kappa shape index (κ3) is 4.51. The van der Waals surface area contributed by atoms with E-state index in [1.165, 1.54) is 0 Å². The van der Waals surface area contributed by atoms with Crippen LogP contribution in [-0.4, -0.2) is 15.6 Å². The van der Waals surface area contributed by atoms with Crippen LogP contribution < -0.4 is 4.74 Å². The number of carbonyl (C=O) groups is 1. The van der Waals surface area contributed by atoms with Crippen LogP contribution in [0, 0.1) is 13.8 Å². The average molecular weight is 418 g/mol. The summed E-state index contributed by atoms with van der Waals surface area (Å²) in [5.41, 5.74) is 4.87. The lowest BCUT2D eigenvalue weighted by molar-refractivity contribution is -0.136. The SMILES string of the molecule is Cc1c(CCC(=O)O)ccc(OCc2c(Cl)ccn2-c2ccc(Cl)cc2)c1C. The molecule has 0 aliphatic heterocycles. The fourth-order valence-electron chi connectivity index (χ4n) is 3.09. The Morgan fingerprint density at radius 1 is 1.04 bits per heavy atom. The van der Waals surface area contributed by atoms with Gasteiger partial charge in [-0.15, -0.1) is 0 Å². The first-order valence-electron chi connectivity index (χ1n) is 8.92. The average Bonchev–Trinajstić information content (AvgIpc) is 3.03. The predicted octanol–water partition coefficient (Wildman–Crippen LogP) is 6.00. The highest BCUT2D eigenvalue weighted by molar-refractivity contribution is 6.31. The van der Waals surface area contributed by atoms with Crippen LogP contribution >= 0.6 is 23.2 Å². The largest absolute Gasteiger partial charge is 0.487 e. The number of aryl methyl sites for hydroxylation is 1. The fraction of sp³-hybridized carbons (Fsp3) is 0.227. The summed E-state index contributed by atoms with van der Waals surface area (Å²) in [6.45, 7) is 4.28. The second kappa shape index (κ2) is 8.72. The highest BCUT2D eigenvalue weighted by Crippen LogP contribution is 2.28. The third-order valence-electron chi connectivity index (χ3n) is 4.86. The lowest BCUT2D eigenvalue weighted by Gasteiger charge is -2.16. The molecule has 0 unspecified atom stereocenters. The fourth-order valence-corrected chi connectivity index (χ4v) is 3.42. The number of hydrogen-bond donors (Lipinski definition) is 1. The molecule has 0 atom stereocenters. The van der Waals surface area contributed by atoms with E-state index in [0.29, 0.717) is 23.1 Å². The maximum Gasteiger partial charge on any atom is 0.303 e. The number of nitrogens with zero attached hydrogens (tertiary/aromatic N) is 1. The zero-order valence-corrected chi connectivity index (χ0v) is 17.2. The number of rotatable bonds is 7. The van der Waals surface area contributed by atoms with Crippen molar-refractivity contribution in [2.24, 2.45) is 0 Å². The van der Waals surface area contributed by atoms with Gasteiger partial charge < -0.3 is 14.4 Å². The van der Waals surface area contributed by atoms with Gasteiger partial charge in [0, 0.05) is 23.3 Å². The Bertz CT molecular complexity index is 994. The van der Waals surface area contributed by atoms with Gasteiger partial charge in [0.1, 0.15) is 12.4 Å². The van der Waals surface area contributed by atoms with Gasteiger partial charge in [-0.25, -0.2) is 0 Å². The second-order valence-electron chi connectivity index (χ2n) is 6.61. The van der Waals surface area contributed by atoms with Crippen molar-refractivity contribution in [2.45, 2.75) is 33.3 Å². The maximum atomic E-state index is 10.8. The van der Waals surface area contributed by atoms with Crippen LogP contribution in [-0.2, 0) is 17.8 Å². The van der Waals surface area contributed by atoms with Crippen molar-refractivity contribution in [3.8, 4) is 11.4 Å². The minimum absolute atomic E-state index is 0.116. The topological polar surface area (TPSA) is 51.5 Å². The lowest BCUT2D eigenvalue weighted by Crippen LogP contribution is -2.06. The quantitative estimate of drug-likeness (QED) is 0.512.